The summed E-state index contributed by atoms with van der Waals surface area (Å²) >= 11 is 0. The van der Waals surface area contributed by atoms with Crippen molar-refractivity contribution in [3.8, 4) is 0 Å². The SMILES string of the molecule is CC[C@H]1O[C@@H](n2cnc3c(=O)[nH]c(N)nc32)[C@H](O)[C@@H]1CNC(=O)c1ccccc1. The Kier molecular flexibility index (Phi) is 5.03. The summed E-state index contributed by atoms with van der Waals surface area (Å²) in [4.78, 5) is 34.9. The Morgan fingerprint density at radius 3 is 2.86 bits per heavy atom. The van der Waals surface area contributed by atoms with Crippen LogP contribution in [0.25, 0.3) is 11.2 Å². The Balaban J connectivity index is 1.56. The number of carbonyl (C=O) groups excluding carboxylic acids is 1. The molecule has 1 amide bonds. The van der Waals surface area contributed by atoms with Gasteiger partial charge in [-0.05, 0) is 18.6 Å². The predicted molar refractivity (Wildman–Crippen MR) is 105 cm³/mol. The van der Waals surface area contributed by atoms with E-state index in [0.29, 0.717) is 12.0 Å². The van der Waals surface area contributed by atoms with Crippen LogP contribution >= 0.6 is 0 Å². The molecule has 29 heavy (non-hydrogen) atoms. The van der Waals surface area contributed by atoms with Gasteiger partial charge >= 0.3 is 0 Å². The molecule has 10 heteroatoms. The zero-order valence-electron chi connectivity index (χ0n) is 15.8. The molecule has 2 aromatic heterocycles. The van der Waals surface area contributed by atoms with Gasteiger partial charge in [0.25, 0.3) is 11.5 Å². The molecule has 0 spiro atoms. The molecule has 10 nitrogen and oxygen atoms in total. The summed E-state index contributed by atoms with van der Waals surface area (Å²) in [6.45, 7) is 2.19. The Morgan fingerprint density at radius 1 is 1.38 bits per heavy atom. The zero-order chi connectivity index (χ0) is 20.5. The van der Waals surface area contributed by atoms with Crippen LogP contribution < -0.4 is 16.6 Å². The number of nitrogens with zero attached hydrogens (tertiary/aromatic N) is 3. The number of aromatic nitrogens is 4. The molecule has 0 unspecified atom stereocenters. The molecule has 1 saturated heterocycles. The first-order valence-electron chi connectivity index (χ1n) is 9.38. The van der Waals surface area contributed by atoms with E-state index in [1.54, 1.807) is 24.3 Å². The number of nitrogens with one attached hydrogen (secondary N) is 2. The van der Waals surface area contributed by atoms with Gasteiger partial charge in [-0.2, -0.15) is 4.98 Å². The molecule has 0 aliphatic carbocycles. The Bertz CT molecular complexity index is 1080. The van der Waals surface area contributed by atoms with Crippen LogP contribution in [0.3, 0.4) is 0 Å². The highest BCUT2D eigenvalue weighted by molar-refractivity contribution is 5.94. The molecular weight excluding hydrogens is 376 g/mol. The Morgan fingerprint density at radius 2 is 2.14 bits per heavy atom. The number of anilines is 1. The van der Waals surface area contributed by atoms with Crippen molar-refractivity contribution in [1.29, 1.82) is 0 Å². The highest BCUT2D eigenvalue weighted by Crippen LogP contribution is 2.36. The Hall–Kier alpha value is -3.24. The van der Waals surface area contributed by atoms with E-state index < -0.39 is 17.9 Å². The van der Waals surface area contributed by atoms with E-state index in [0.717, 1.165) is 0 Å². The molecule has 1 aliphatic rings. The average molecular weight is 398 g/mol. The number of carbonyl (C=O) groups is 1. The van der Waals surface area contributed by atoms with E-state index in [9.17, 15) is 14.7 Å². The van der Waals surface area contributed by atoms with Gasteiger partial charge in [-0.15, -0.1) is 0 Å². The van der Waals surface area contributed by atoms with Crippen molar-refractivity contribution >= 4 is 23.0 Å². The van der Waals surface area contributed by atoms with Crippen molar-refractivity contribution in [2.45, 2.75) is 31.8 Å². The second kappa shape index (κ2) is 7.64. The molecule has 4 atom stereocenters. The summed E-state index contributed by atoms with van der Waals surface area (Å²) < 4.78 is 7.54. The normalized spacial score (nSPS) is 24.1. The third-order valence-electron chi connectivity index (χ3n) is 5.18. The number of rotatable bonds is 5. The van der Waals surface area contributed by atoms with Crippen molar-refractivity contribution in [2.24, 2.45) is 5.92 Å². The van der Waals surface area contributed by atoms with Crippen LogP contribution in [0, 0.1) is 5.92 Å². The van der Waals surface area contributed by atoms with Crippen LogP contribution in [0.2, 0.25) is 0 Å². The minimum atomic E-state index is -0.935. The zero-order valence-corrected chi connectivity index (χ0v) is 15.8. The van der Waals surface area contributed by atoms with Crippen LogP contribution in [0.1, 0.15) is 29.9 Å². The first-order chi connectivity index (χ1) is 14.0. The van der Waals surface area contributed by atoms with Crippen molar-refractivity contribution in [3.63, 3.8) is 0 Å². The lowest BCUT2D eigenvalue weighted by molar-refractivity contribution is -0.0355. The molecule has 5 N–H and O–H groups in total. The fourth-order valence-electron chi connectivity index (χ4n) is 3.70. The van der Waals surface area contributed by atoms with Gasteiger partial charge in [-0.3, -0.25) is 19.1 Å². The van der Waals surface area contributed by atoms with Crippen molar-refractivity contribution in [2.75, 3.05) is 12.3 Å². The number of ether oxygens (including phenoxy) is 1. The molecule has 1 aliphatic heterocycles. The van der Waals surface area contributed by atoms with Crippen molar-refractivity contribution in [1.82, 2.24) is 24.8 Å². The van der Waals surface area contributed by atoms with E-state index >= 15 is 0 Å². The number of fused-ring (bicyclic) bond motifs is 1. The highest BCUT2D eigenvalue weighted by atomic mass is 16.5. The summed E-state index contributed by atoms with van der Waals surface area (Å²) in [7, 11) is 0. The van der Waals surface area contributed by atoms with Gasteiger partial charge in [0.1, 0.15) is 6.10 Å². The second-order valence-corrected chi connectivity index (χ2v) is 6.98. The number of aliphatic hydroxyl groups is 1. The second-order valence-electron chi connectivity index (χ2n) is 6.98. The fourth-order valence-corrected chi connectivity index (χ4v) is 3.70. The molecular formula is C19H22N6O4. The van der Waals surface area contributed by atoms with Crippen molar-refractivity contribution < 1.29 is 14.6 Å². The number of hydrogen-bond donors (Lipinski definition) is 4. The van der Waals surface area contributed by atoms with E-state index in [-0.39, 0.29) is 41.6 Å². The maximum Gasteiger partial charge on any atom is 0.280 e. The topological polar surface area (TPSA) is 148 Å². The van der Waals surface area contributed by atoms with Gasteiger partial charge in [0.05, 0.1) is 12.4 Å². The summed E-state index contributed by atoms with van der Waals surface area (Å²) in [5, 5.41) is 13.8. The van der Waals surface area contributed by atoms with Gasteiger partial charge in [0.2, 0.25) is 5.95 Å². The molecule has 0 saturated carbocycles. The standard InChI is InChI=1S/C19H22N6O4/c1-2-12-11(8-21-16(27)10-6-4-3-5-7-10)14(26)18(29-12)25-9-22-13-15(25)23-19(20)24-17(13)28/h3-7,9,11-12,14,18,26H,2,8H2,1H3,(H,21,27)(H3,20,23,24,28)/t11-,12-,14-,18-/m1/s1. The summed E-state index contributed by atoms with van der Waals surface area (Å²) in [5.41, 5.74) is 6.08. The van der Waals surface area contributed by atoms with Crippen LogP contribution in [-0.4, -0.2) is 49.3 Å². The number of imidazole rings is 1. The minimum Gasteiger partial charge on any atom is -0.388 e. The summed E-state index contributed by atoms with van der Waals surface area (Å²) in [6, 6.07) is 8.87. The van der Waals surface area contributed by atoms with Gasteiger partial charge in [0, 0.05) is 18.0 Å². The van der Waals surface area contributed by atoms with Gasteiger partial charge < -0.3 is 20.9 Å². The molecule has 152 valence electrons. The fraction of sp³-hybridized carbons (Fsp3) is 0.368. The molecule has 4 rings (SSSR count). The minimum absolute atomic E-state index is 0.0459. The lowest BCUT2D eigenvalue weighted by Gasteiger charge is -2.20. The van der Waals surface area contributed by atoms with Crippen LogP contribution in [0.5, 0.6) is 0 Å². The van der Waals surface area contributed by atoms with Crippen LogP contribution in [0.15, 0.2) is 41.5 Å². The van der Waals surface area contributed by atoms with Gasteiger partial charge in [-0.1, -0.05) is 25.1 Å². The molecule has 3 heterocycles. The van der Waals surface area contributed by atoms with Crippen LogP contribution in [-0.2, 0) is 4.74 Å². The maximum absolute atomic E-state index is 12.4. The smallest absolute Gasteiger partial charge is 0.280 e. The number of aromatic amines is 1. The van der Waals surface area contributed by atoms with E-state index in [1.165, 1.54) is 10.9 Å². The first-order valence-corrected chi connectivity index (χ1v) is 9.38. The van der Waals surface area contributed by atoms with E-state index in [2.05, 4.69) is 20.3 Å². The number of hydrogen-bond acceptors (Lipinski definition) is 7. The number of amides is 1. The number of nitrogen functional groups attached to an aromatic ring is 1. The first kappa shape index (κ1) is 19.1. The molecule has 1 fully saturated rings. The average Bonchev–Trinajstić information content (AvgIpc) is 3.27. The van der Waals surface area contributed by atoms with E-state index in [4.69, 9.17) is 10.5 Å². The number of nitrogens with two attached hydrogens (primary N) is 1. The van der Waals surface area contributed by atoms with Gasteiger partial charge in [0.15, 0.2) is 17.4 Å². The van der Waals surface area contributed by atoms with Crippen molar-refractivity contribution in [3.05, 3.63) is 52.6 Å². The predicted octanol–water partition coefficient (Wildman–Crippen LogP) is 0.416. The molecule has 1 aromatic carbocycles. The molecule has 3 aromatic rings. The summed E-state index contributed by atoms with van der Waals surface area (Å²) in [5.74, 6) is -0.602. The monoisotopic (exact) mass is 398 g/mol. The van der Waals surface area contributed by atoms with Gasteiger partial charge in [-0.25, -0.2) is 4.98 Å². The third-order valence-corrected chi connectivity index (χ3v) is 5.18. The third kappa shape index (κ3) is 3.47. The highest BCUT2D eigenvalue weighted by Gasteiger charge is 2.44. The number of benzene rings is 1. The van der Waals surface area contributed by atoms with E-state index in [1.807, 2.05) is 13.0 Å². The largest absolute Gasteiger partial charge is 0.388 e. The van der Waals surface area contributed by atoms with Crippen LogP contribution in [0.4, 0.5) is 5.95 Å². The number of H-pyrrole nitrogens is 1. The molecule has 0 radical (unpaired) electrons. The lowest BCUT2D eigenvalue weighted by Crippen LogP contribution is -2.38. The maximum atomic E-state index is 12.4. The quantitative estimate of drug-likeness (QED) is 0.487. The lowest BCUT2D eigenvalue weighted by atomic mass is 9.96. The molecule has 0 bridgehead atoms. The number of aliphatic hydroxyl groups excluding tert-OH is 1. The summed E-state index contributed by atoms with van der Waals surface area (Å²) in [6.07, 6.45) is 0.0241. The Labute approximate surface area is 165 Å².